The predicted molar refractivity (Wildman–Crippen MR) is 95.6 cm³/mol. The maximum atomic E-state index is 13.8. The molecule has 0 aliphatic carbocycles. The smallest absolute Gasteiger partial charge is 0.274 e. The zero-order valence-corrected chi connectivity index (χ0v) is 13.9. The number of carbonyl (C=O) groups excluding carboxylic acids is 1. The van der Waals surface area contributed by atoms with Crippen LogP contribution in [0.2, 0.25) is 0 Å². The summed E-state index contributed by atoms with van der Waals surface area (Å²) in [5.74, 6) is 0.0115. The van der Waals surface area contributed by atoms with Crippen molar-refractivity contribution in [3.63, 3.8) is 0 Å². The second-order valence-corrected chi connectivity index (χ2v) is 5.61. The Morgan fingerprint density at radius 2 is 1.72 bits per heavy atom. The van der Waals surface area contributed by atoms with Crippen LogP contribution in [-0.4, -0.2) is 15.9 Å². The van der Waals surface area contributed by atoms with Gasteiger partial charge in [0, 0.05) is 11.8 Å². The number of para-hydroxylation sites is 1. The number of carbonyl (C=O) groups is 1. The van der Waals surface area contributed by atoms with Crippen molar-refractivity contribution in [3.8, 4) is 0 Å². The Morgan fingerprint density at radius 3 is 2.44 bits per heavy atom. The third-order valence-corrected chi connectivity index (χ3v) is 3.52. The number of anilines is 3. The van der Waals surface area contributed by atoms with Crippen molar-refractivity contribution in [1.29, 1.82) is 0 Å². The van der Waals surface area contributed by atoms with Crippen molar-refractivity contribution in [2.24, 2.45) is 0 Å². The largest absolute Gasteiger partial charge is 0.338 e. The molecular weight excluding hydrogens is 319 g/mol. The zero-order valence-electron chi connectivity index (χ0n) is 13.9. The van der Waals surface area contributed by atoms with E-state index in [-0.39, 0.29) is 17.3 Å². The van der Waals surface area contributed by atoms with Crippen LogP contribution < -0.4 is 10.6 Å². The molecule has 3 aromatic rings. The van der Waals surface area contributed by atoms with E-state index in [9.17, 15) is 9.18 Å². The lowest BCUT2D eigenvalue weighted by atomic mass is 10.2. The summed E-state index contributed by atoms with van der Waals surface area (Å²) in [4.78, 5) is 20.8. The molecule has 5 nitrogen and oxygen atoms in total. The summed E-state index contributed by atoms with van der Waals surface area (Å²) in [6.07, 6.45) is 0. The minimum atomic E-state index is -0.399. The van der Waals surface area contributed by atoms with E-state index in [1.807, 2.05) is 31.2 Å². The monoisotopic (exact) mass is 336 g/mol. The lowest BCUT2D eigenvalue weighted by molar-refractivity contribution is 0.102. The van der Waals surface area contributed by atoms with Crippen LogP contribution in [0.3, 0.4) is 0 Å². The number of nitrogens with one attached hydrogen (secondary N) is 2. The second kappa shape index (κ2) is 7.09. The van der Waals surface area contributed by atoms with E-state index < -0.39 is 5.82 Å². The number of benzene rings is 2. The molecule has 0 saturated carbocycles. The number of halogens is 1. The van der Waals surface area contributed by atoms with E-state index in [1.165, 1.54) is 12.1 Å². The Morgan fingerprint density at radius 1 is 1.00 bits per heavy atom. The summed E-state index contributed by atoms with van der Waals surface area (Å²) in [6.45, 7) is 3.65. The van der Waals surface area contributed by atoms with Gasteiger partial charge < -0.3 is 10.6 Å². The second-order valence-electron chi connectivity index (χ2n) is 5.61. The molecule has 0 atom stereocenters. The van der Waals surface area contributed by atoms with Gasteiger partial charge in [-0.3, -0.25) is 4.79 Å². The number of rotatable bonds is 4. The summed E-state index contributed by atoms with van der Waals surface area (Å²) in [5, 5.41) is 5.66. The topological polar surface area (TPSA) is 66.9 Å². The van der Waals surface area contributed by atoms with Gasteiger partial charge in [0.2, 0.25) is 0 Å². The fourth-order valence-electron chi connectivity index (χ4n) is 2.28. The minimum Gasteiger partial charge on any atom is -0.338 e. The molecule has 1 aromatic heterocycles. The molecule has 3 rings (SSSR count). The van der Waals surface area contributed by atoms with E-state index in [2.05, 4.69) is 20.6 Å². The van der Waals surface area contributed by atoms with Crippen LogP contribution in [0.1, 0.15) is 21.9 Å². The maximum absolute atomic E-state index is 13.8. The summed E-state index contributed by atoms with van der Waals surface area (Å²) in [6, 6.07) is 15.2. The average Bonchev–Trinajstić information content (AvgIpc) is 2.58. The number of hydrogen-bond donors (Lipinski definition) is 2. The normalized spacial score (nSPS) is 10.4. The van der Waals surface area contributed by atoms with Crippen LogP contribution in [0.25, 0.3) is 0 Å². The molecule has 0 unspecified atom stereocenters. The van der Waals surface area contributed by atoms with Gasteiger partial charge in [0.25, 0.3) is 5.91 Å². The van der Waals surface area contributed by atoms with Crippen LogP contribution in [0.4, 0.5) is 21.6 Å². The fraction of sp³-hybridized carbons (Fsp3) is 0.105. The third-order valence-electron chi connectivity index (χ3n) is 3.52. The molecular formula is C19H17FN4O. The van der Waals surface area contributed by atoms with Gasteiger partial charge in [0.1, 0.15) is 23.2 Å². The van der Waals surface area contributed by atoms with Crippen molar-refractivity contribution in [3.05, 3.63) is 77.5 Å². The Hall–Kier alpha value is -3.28. The molecule has 25 heavy (non-hydrogen) atoms. The molecule has 2 N–H and O–H groups in total. The predicted octanol–water partition coefficient (Wildman–Crippen LogP) is 4.23. The number of amides is 1. The van der Waals surface area contributed by atoms with Crippen molar-refractivity contribution >= 4 is 23.1 Å². The van der Waals surface area contributed by atoms with Crippen LogP contribution in [0.15, 0.2) is 54.6 Å². The average molecular weight is 336 g/mol. The molecule has 0 bridgehead atoms. The van der Waals surface area contributed by atoms with Crippen molar-refractivity contribution in [2.45, 2.75) is 13.8 Å². The minimum absolute atomic E-state index is 0.201. The molecule has 0 radical (unpaired) electrons. The fourth-order valence-corrected chi connectivity index (χ4v) is 2.28. The number of hydrogen-bond acceptors (Lipinski definition) is 4. The van der Waals surface area contributed by atoms with Crippen LogP contribution in [0.5, 0.6) is 0 Å². The number of nitrogens with zero attached hydrogens (tertiary/aromatic N) is 2. The van der Waals surface area contributed by atoms with Crippen molar-refractivity contribution < 1.29 is 9.18 Å². The van der Waals surface area contributed by atoms with Gasteiger partial charge in [-0.05, 0) is 38.1 Å². The molecule has 0 fully saturated rings. The van der Waals surface area contributed by atoms with E-state index in [4.69, 9.17) is 0 Å². The molecule has 1 amide bonds. The first-order chi connectivity index (χ1) is 12.0. The first kappa shape index (κ1) is 16.6. The Kier molecular flexibility index (Phi) is 4.70. The van der Waals surface area contributed by atoms with Gasteiger partial charge in [-0.1, -0.05) is 29.8 Å². The molecule has 126 valence electrons. The van der Waals surface area contributed by atoms with Gasteiger partial charge in [-0.25, -0.2) is 14.4 Å². The van der Waals surface area contributed by atoms with Crippen molar-refractivity contribution in [1.82, 2.24) is 9.97 Å². The lowest BCUT2D eigenvalue weighted by Crippen LogP contribution is -2.15. The van der Waals surface area contributed by atoms with Gasteiger partial charge in [-0.2, -0.15) is 0 Å². The molecule has 1 heterocycles. The van der Waals surface area contributed by atoms with Crippen LogP contribution in [0, 0.1) is 19.7 Å². The van der Waals surface area contributed by atoms with Crippen LogP contribution >= 0.6 is 0 Å². The molecule has 2 aromatic carbocycles. The highest BCUT2D eigenvalue weighted by Crippen LogP contribution is 2.19. The number of aromatic nitrogens is 2. The van der Waals surface area contributed by atoms with Crippen LogP contribution in [-0.2, 0) is 0 Å². The van der Waals surface area contributed by atoms with E-state index in [1.54, 1.807) is 25.1 Å². The maximum Gasteiger partial charge on any atom is 0.274 e. The van der Waals surface area contributed by atoms with Crippen molar-refractivity contribution in [2.75, 3.05) is 10.6 Å². The summed E-state index contributed by atoms with van der Waals surface area (Å²) in [5.41, 5.74) is 2.26. The zero-order chi connectivity index (χ0) is 17.8. The Balaban J connectivity index is 1.82. The summed E-state index contributed by atoms with van der Waals surface area (Å²) in [7, 11) is 0. The first-order valence-corrected chi connectivity index (χ1v) is 7.76. The first-order valence-electron chi connectivity index (χ1n) is 7.76. The van der Waals surface area contributed by atoms with Gasteiger partial charge in [0.15, 0.2) is 0 Å². The Labute approximate surface area is 145 Å². The summed E-state index contributed by atoms with van der Waals surface area (Å²) < 4.78 is 13.8. The van der Waals surface area contributed by atoms with E-state index >= 15 is 0 Å². The van der Waals surface area contributed by atoms with E-state index in [0.29, 0.717) is 17.3 Å². The standard InChI is InChI=1S/C19H17FN4O/c1-12-7-9-14(10-8-12)23-19(25)17-11-18(22-13(2)21-17)24-16-6-4-3-5-15(16)20/h3-11H,1-2H3,(H,23,25)(H,21,22,24). The van der Waals surface area contributed by atoms with Gasteiger partial charge in [0.05, 0.1) is 5.69 Å². The third kappa shape index (κ3) is 4.17. The molecule has 0 saturated heterocycles. The highest BCUT2D eigenvalue weighted by Gasteiger charge is 2.12. The SMILES string of the molecule is Cc1ccc(NC(=O)c2cc(Nc3ccccc3F)nc(C)n2)cc1. The number of aryl methyl sites for hydroxylation is 2. The van der Waals surface area contributed by atoms with Gasteiger partial charge >= 0.3 is 0 Å². The highest BCUT2D eigenvalue weighted by atomic mass is 19.1. The van der Waals surface area contributed by atoms with E-state index in [0.717, 1.165) is 5.56 Å². The molecule has 0 aliphatic heterocycles. The lowest BCUT2D eigenvalue weighted by Gasteiger charge is -2.10. The Bertz CT molecular complexity index is 910. The molecule has 6 heteroatoms. The summed E-state index contributed by atoms with van der Waals surface area (Å²) >= 11 is 0. The molecule has 0 spiro atoms. The van der Waals surface area contributed by atoms with Gasteiger partial charge in [-0.15, -0.1) is 0 Å². The highest BCUT2D eigenvalue weighted by molar-refractivity contribution is 6.03. The quantitative estimate of drug-likeness (QED) is 0.748. The molecule has 0 aliphatic rings.